The van der Waals surface area contributed by atoms with Crippen molar-refractivity contribution in [2.45, 2.75) is 13.8 Å². The number of anilines is 1. The van der Waals surface area contributed by atoms with E-state index in [2.05, 4.69) is 9.71 Å². The van der Waals surface area contributed by atoms with Crippen LogP contribution in [0.4, 0.5) is 5.69 Å². The maximum absolute atomic E-state index is 10.9. The minimum absolute atomic E-state index is 0.544. The summed E-state index contributed by atoms with van der Waals surface area (Å²) in [6.45, 7) is 3.62. The number of sulfonamides is 1. The third-order valence-corrected chi connectivity index (χ3v) is 2.11. The molecule has 1 N–H and O–H groups in total. The summed E-state index contributed by atoms with van der Waals surface area (Å²) >= 11 is 0. The van der Waals surface area contributed by atoms with Crippen LogP contribution < -0.4 is 4.72 Å². The number of aryl methyl sites for hydroxylation is 2. The first-order chi connectivity index (χ1) is 5.88. The summed E-state index contributed by atoms with van der Waals surface area (Å²) in [5.74, 6) is 0. The molecule has 0 aliphatic rings. The quantitative estimate of drug-likeness (QED) is 0.776. The maximum atomic E-state index is 10.9. The molecule has 0 fully saturated rings. The smallest absolute Gasteiger partial charge is 0.229 e. The van der Waals surface area contributed by atoms with Gasteiger partial charge in [0.05, 0.1) is 17.6 Å². The highest BCUT2D eigenvalue weighted by Gasteiger charge is 2.05. The second-order valence-corrected chi connectivity index (χ2v) is 4.77. The molecule has 0 radical (unpaired) electrons. The Labute approximate surface area is 78.1 Å². The van der Waals surface area contributed by atoms with Gasteiger partial charge in [-0.2, -0.15) is 0 Å². The standard InChI is InChI=1S/C8H12N2O2S/c1-6-4-8(7(2)9-5-6)10-13(3,11)12/h4-5,10H,1-3H3. The van der Waals surface area contributed by atoms with Crippen molar-refractivity contribution >= 4 is 15.7 Å². The van der Waals surface area contributed by atoms with Gasteiger partial charge in [0.1, 0.15) is 0 Å². The molecule has 4 nitrogen and oxygen atoms in total. The zero-order valence-corrected chi connectivity index (χ0v) is 8.64. The number of hydrogen-bond acceptors (Lipinski definition) is 3. The van der Waals surface area contributed by atoms with Gasteiger partial charge in [0.2, 0.25) is 10.0 Å². The van der Waals surface area contributed by atoms with E-state index in [0.717, 1.165) is 11.8 Å². The van der Waals surface area contributed by atoms with Crippen molar-refractivity contribution in [1.29, 1.82) is 0 Å². The van der Waals surface area contributed by atoms with Crippen LogP contribution in [0.25, 0.3) is 0 Å². The van der Waals surface area contributed by atoms with Gasteiger partial charge >= 0.3 is 0 Å². The van der Waals surface area contributed by atoms with E-state index in [1.54, 1.807) is 19.2 Å². The molecule has 72 valence electrons. The number of rotatable bonds is 2. The summed E-state index contributed by atoms with van der Waals surface area (Å²) in [7, 11) is -3.21. The van der Waals surface area contributed by atoms with Crippen LogP contribution in [0, 0.1) is 13.8 Å². The Kier molecular flexibility index (Phi) is 2.56. The van der Waals surface area contributed by atoms with E-state index >= 15 is 0 Å². The predicted molar refractivity (Wildman–Crippen MR) is 52.2 cm³/mol. The normalized spacial score (nSPS) is 11.3. The average Bonchev–Trinajstić information content (AvgIpc) is 1.94. The van der Waals surface area contributed by atoms with E-state index in [1.807, 2.05) is 6.92 Å². The Morgan fingerprint density at radius 2 is 2.00 bits per heavy atom. The number of nitrogens with zero attached hydrogens (tertiary/aromatic N) is 1. The van der Waals surface area contributed by atoms with Crippen LogP contribution in [-0.2, 0) is 10.0 Å². The molecule has 0 spiro atoms. The monoisotopic (exact) mass is 200 g/mol. The molecule has 1 rings (SSSR count). The van der Waals surface area contributed by atoms with Crippen molar-refractivity contribution in [3.8, 4) is 0 Å². The lowest BCUT2D eigenvalue weighted by molar-refractivity contribution is 0.606. The average molecular weight is 200 g/mol. The molecule has 1 aromatic heterocycles. The fourth-order valence-electron chi connectivity index (χ4n) is 0.941. The molecule has 0 unspecified atom stereocenters. The first-order valence-electron chi connectivity index (χ1n) is 3.79. The number of pyridine rings is 1. The molecule has 1 aromatic rings. The van der Waals surface area contributed by atoms with Crippen LogP contribution in [0.2, 0.25) is 0 Å². The second kappa shape index (κ2) is 3.33. The largest absolute Gasteiger partial charge is 0.282 e. The summed E-state index contributed by atoms with van der Waals surface area (Å²) < 4.78 is 24.3. The summed E-state index contributed by atoms with van der Waals surface area (Å²) in [4.78, 5) is 4.04. The molecule has 5 heteroatoms. The molecule has 0 aliphatic heterocycles. The molecule has 0 aliphatic carbocycles. The fraction of sp³-hybridized carbons (Fsp3) is 0.375. The van der Waals surface area contributed by atoms with Crippen molar-refractivity contribution in [2.24, 2.45) is 0 Å². The molecule has 0 saturated heterocycles. The zero-order chi connectivity index (χ0) is 10.1. The van der Waals surface area contributed by atoms with Gasteiger partial charge in [0.15, 0.2) is 0 Å². The van der Waals surface area contributed by atoms with Gasteiger partial charge in [-0.1, -0.05) is 0 Å². The minimum atomic E-state index is -3.21. The van der Waals surface area contributed by atoms with Gasteiger partial charge in [-0.05, 0) is 25.5 Å². The van der Waals surface area contributed by atoms with E-state index in [0.29, 0.717) is 11.4 Å². The lowest BCUT2D eigenvalue weighted by Crippen LogP contribution is -2.11. The maximum Gasteiger partial charge on any atom is 0.229 e. The van der Waals surface area contributed by atoms with E-state index in [-0.39, 0.29) is 0 Å². The Morgan fingerprint density at radius 3 is 2.54 bits per heavy atom. The Bertz CT molecular complexity index is 412. The molecule has 13 heavy (non-hydrogen) atoms. The SMILES string of the molecule is Cc1cnc(C)c(NS(C)(=O)=O)c1. The van der Waals surface area contributed by atoms with E-state index in [1.165, 1.54) is 0 Å². The van der Waals surface area contributed by atoms with Crippen LogP contribution in [-0.4, -0.2) is 19.7 Å². The highest BCUT2D eigenvalue weighted by Crippen LogP contribution is 2.14. The van der Waals surface area contributed by atoms with E-state index in [4.69, 9.17) is 0 Å². The lowest BCUT2D eigenvalue weighted by atomic mass is 10.2. The van der Waals surface area contributed by atoms with Gasteiger partial charge in [-0.25, -0.2) is 8.42 Å². The second-order valence-electron chi connectivity index (χ2n) is 3.02. The van der Waals surface area contributed by atoms with Crippen molar-refractivity contribution < 1.29 is 8.42 Å². The van der Waals surface area contributed by atoms with Crippen LogP contribution in [0.5, 0.6) is 0 Å². The van der Waals surface area contributed by atoms with Crippen molar-refractivity contribution in [2.75, 3.05) is 11.0 Å². The summed E-state index contributed by atoms with van der Waals surface area (Å²) in [6, 6.07) is 1.75. The van der Waals surface area contributed by atoms with Crippen LogP contribution in [0.1, 0.15) is 11.3 Å². The van der Waals surface area contributed by atoms with Gasteiger partial charge in [0.25, 0.3) is 0 Å². The molecular formula is C8H12N2O2S. The third-order valence-electron chi connectivity index (χ3n) is 1.52. The van der Waals surface area contributed by atoms with Crippen molar-refractivity contribution in [1.82, 2.24) is 4.98 Å². The third kappa shape index (κ3) is 3.02. The van der Waals surface area contributed by atoms with Gasteiger partial charge in [0, 0.05) is 6.20 Å². The fourth-order valence-corrected chi connectivity index (χ4v) is 1.55. The minimum Gasteiger partial charge on any atom is -0.282 e. The van der Waals surface area contributed by atoms with Gasteiger partial charge in [-0.15, -0.1) is 0 Å². The molecular weight excluding hydrogens is 188 g/mol. The summed E-state index contributed by atoms with van der Waals surface area (Å²) in [5, 5.41) is 0. The molecule has 0 aromatic carbocycles. The molecule has 0 bridgehead atoms. The highest BCUT2D eigenvalue weighted by atomic mass is 32.2. The topological polar surface area (TPSA) is 59.1 Å². The lowest BCUT2D eigenvalue weighted by Gasteiger charge is -2.06. The van der Waals surface area contributed by atoms with E-state index in [9.17, 15) is 8.42 Å². The zero-order valence-electron chi connectivity index (χ0n) is 7.83. The number of nitrogens with one attached hydrogen (secondary N) is 1. The first kappa shape index (κ1) is 9.98. The summed E-state index contributed by atoms with van der Waals surface area (Å²) in [5.41, 5.74) is 2.15. The van der Waals surface area contributed by atoms with Crippen LogP contribution >= 0.6 is 0 Å². The van der Waals surface area contributed by atoms with Crippen molar-refractivity contribution in [3.63, 3.8) is 0 Å². The Morgan fingerprint density at radius 1 is 1.38 bits per heavy atom. The highest BCUT2D eigenvalue weighted by molar-refractivity contribution is 7.92. The van der Waals surface area contributed by atoms with Gasteiger partial charge < -0.3 is 0 Å². The predicted octanol–water partition coefficient (Wildman–Crippen LogP) is 1.07. The molecule has 0 atom stereocenters. The number of aromatic nitrogens is 1. The summed E-state index contributed by atoms with van der Waals surface area (Å²) in [6.07, 6.45) is 2.82. The van der Waals surface area contributed by atoms with Crippen LogP contribution in [0.15, 0.2) is 12.3 Å². The van der Waals surface area contributed by atoms with E-state index < -0.39 is 10.0 Å². The van der Waals surface area contributed by atoms with Crippen molar-refractivity contribution in [3.05, 3.63) is 23.5 Å². The molecule has 1 heterocycles. The Hall–Kier alpha value is -1.10. The molecule has 0 saturated carbocycles. The Balaban J connectivity index is 3.08. The van der Waals surface area contributed by atoms with Gasteiger partial charge in [-0.3, -0.25) is 9.71 Å². The molecule has 0 amide bonds. The number of hydrogen-bond donors (Lipinski definition) is 1. The first-order valence-corrected chi connectivity index (χ1v) is 5.68. The van der Waals surface area contributed by atoms with Crippen LogP contribution in [0.3, 0.4) is 0 Å².